The molecule has 1 heterocycles. The Morgan fingerprint density at radius 1 is 1.00 bits per heavy atom. The molecule has 0 aliphatic heterocycles. The highest BCUT2D eigenvalue weighted by Gasteiger charge is 2.08. The van der Waals surface area contributed by atoms with Crippen molar-refractivity contribution in [2.24, 2.45) is 0 Å². The third kappa shape index (κ3) is 3.79. The number of ether oxygens (including phenoxy) is 2. The number of nitriles is 1. The highest BCUT2D eigenvalue weighted by molar-refractivity contribution is 5.65. The van der Waals surface area contributed by atoms with Gasteiger partial charge in [-0.05, 0) is 24.3 Å². The Labute approximate surface area is 150 Å². The number of anilines is 4. The fraction of sp³-hybridized carbons (Fsp3) is 0.111. The molecule has 0 spiro atoms. The number of benzene rings is 2. The van der Waals surface area contributed by atoms with Crippen LogP contribution < -0.4 is 20.1 Å². The predicted molar refractivity (Wildman–Crippen MR) is 97.1 cm³/mol. The van der Waals surface area contributed by atoms with E-state index in [1.807, 2.05) is 12.1 Å². The van der Waals surface area contributed by atoms with Gasteiger partial charge in [-0.1, -0.05) is 12.1 Å². The fourth-order valence-corrected chi connectivity index (χ4v) is 2.29. The summed E-state index contributed by atoms with van der Waals surface area (Å²) in [5.41, 5.74) is 1.86. The molecule has 0 fully saturated rings. The molecule has 8 heteroatoms. The van der Waals surface area contributed by atoms with Gasteiger partial charge in [-0.15, -0.1) is 5.10 Å². The second-order valence-electron chi connectivity index (χ2n) is 5.14. The van der Waals surface area contributed by atoms with E-state index in [1.54, 1.807) is 44.6 Å². The Morgan fingerprint density at radius 3 is 2.58 bits per heavy atom. The van der Waals surface area contributed by atoms with Crippen molar-refractivity contribution < 1.29 is 9.47 Å². The molecule has 26 heavy (non-hydrogen) atoms. The highest BCUT2D eigenvalue weighted by Crippen LogP contribution is 2.30. The van der Waals surface area contributed by atoms with Crippen molar-refractivity contribution in [1.29, 1.82) is 5.26 Å². The zero-order valence-electron chi connectivity index (χ0n) is 14.2. The highest BCUT2D eigenvalue weighted by atomic mass is 16.5. The van der Waals surface area contributed by atoms with Gasteiger partial charge in [0.1, 0.15) is 6.07 Å². The molecule has 0 saturated heterocycles. The third-order valence-corrected chi connectivity index (χ3v) is 3.51. The Kier molecular flexibility index (Phi) is 5.10. The second-order valence-corrected chi connectivity index (χ2v) is 5.14. The summed E-state index contributed by atoms with van der Waals surface area (Å²) in [5.74, 6) is 2.00. The summed E-state index contributed by atoms with van der Waals surface area (Å²) in [5, 5.41) is 23.2. The van der Waals surface area contributed by atoms with Gasteiger partial charge < -0.3 is 20.1 Å². The molecule has 0 aliphatic rings. The summed E-state index contributed by atoms with van der Waals surface area (Å²) >= 11 is 0. The van der Waals surface area contributed by atoms with E-state index in [9.17, 15) is 0 Å². The number of para-hydroxylation sites is 1. The van der Waals surface area contributed by atoms with E-state index in [1.165, 1.54) is 6.20 Å². The standard InChI is InChI=1S/C18H16N6O2/c1-25-15-8-7-13(9-16(15)26-2)21-17-11-20-24-18(23-17)22-14-6-4-3-5-12(14)10-19/h3-9,11H,1-2H3,(H2,21,22,23,24). The van der Waals surface area contributed by atoms with Crippen molar-refractivity contribution in [2.45, 2.75) is 0 Å². The van der Waals surface area contributed by atoms with Crippen LogP contribution in [0.15, 0.2) is 48.7 Å². The zero-order chi connectivity index (χ0) is 18.4. The van der Waals surface area contributed by atoms with Crippen molar-refractivity contribution in [2.75, 3.05) is 24.9 Å². The molecule has 0 atom stereocenters. The maximum Gasteiger partial charge on any atom is 0.249 e. The minimum Gasteiger partial charge on any atom is -0.493 e. The normalized spacial score (nSPS) is 9.88. The molecule has 1 aromatic heterocycles. The fourth-order valence-electron chi connectivity index (χ4n) is 2.29. The minimum absolute atomic E-state index is 0.276. The van der Waals surface area contributed by atoms with Crippen LogP contribution in [-0.4, -0.2) is 29.4 Å². The summed E-state index contributed by atoms with van der Waals surface area (Å²) in [7, 11) is 3.15. The van der Waals surface area contributed by atoms with Gasteiger partial charge >= 0.3 is 0 Å². The van der Waals surface area contributed by atoms with Crippen LogP contribution in [0.4, 0.5) is 23.1 Å². The van der Waals surface area contributed by atoms with E-state index in [0.29, 0.717) is 28.6 Å². The van der Waals surface area contributed by atoms with Crippen LogP contribution in [-0.2, 0) is 0 Å². The second kappa shape index (κ2) is 7.81. The summed E-state index contributed by atoms with van der Waals surface area (Å²) in [4.78, 5) is 4.36. The van der Waals surface area contributed by atoms with E-state index in [2.05, 4.69) is 31.9 Å². The van der Waals surface area contributed by atoms with Crippen molar-refractivity contribution >= 4 is 23.1 Å². The van der Waals surface area contributed by atoms with Crippen molar-refractivity contribution in [1.82, 2.24) is 15.2 Å². The van der Waals surface area contributed by atoms with Crippen molar-refractivity contribution in [3.63, 3.8) is 0 Å². The quantitative estimate of drug-likeness (QED) is 0.699. The maximum atomic E-state index is 9.16. The van der Waals surface area contributed by atoms with Gasteiger partial charge in [0.15, 0.2) is 17.3 Å². The van der Waals surface area contributed by atoms with Gasteiger partial charge in [-0.2, -0.15) is 15.3 Å². The van der Waals surface area contributed by atoms with Crippen LogP contribution in [0.25, 0.3) is 0 Å². The first-order valence-electron chi connectivity index (χ1n) is 7.68. The smallest absolute Gasteiger partial charge is 0.249 e. The summed E-state index contributed by atoms with van der Waals surface area (Å²) in [6.45, 7) is 0. The number of hydrogen-bond acceptors (Lipinski definition) is 8. The van der Waals surface area contributed by atoms with Crippen molar-refractivity contribution in [3.8, 4) is 17.6 Å². The van der Waals surface area contributed by atoms with Crippen molar-refractivity contribution in [3.05, 3.63) is 54.2 Å². The lowest BCUT2D eigenvalue weighted by Gasteiger charge is -2.11. The Bertz CT molecular complexity index is 954. The molecule has 3 rings (SSSR count). The summed E-state index contributed by atoms with van der Waals surface area (Å²) < 4.78 is 10.5. The maximum absolute atomic E-state index is 9.16. The predicted octanol–water partition coefficient (Wildman–Crippen LogP) is 3.25. The van der Waals surface area contributed by atoms with Crippen LogP contribution in [0, 0.1) is 11.3 Å². The SMILES string of the molecule is COc1ccc(Nc2cnnc(Nc3ccccc3C#N)n2)cc1OC. The van der Waals surface area contributed by atoms with Crippen LogP contribution in [0.3, 0.4) is 0 Å². The van der Waals surface area contributed by atoms with Gasteiger partial charge in [0.25, 0.3) is 0 Å². The molecular weight excluding hydrogens is 332 g/mol. The summed E-state index contributed by atoms with van der Waals surface area (Å²) in [6.07, 6.45) is 1.50. The molecule has 0 radical (unpaired) electrons. The number of aromatic nitrogens is 3. The van der Waals surface area contributed by atoms with Crippen LogP contribution >= 0.6 is 0 Å². The Morgan fingerprint density at radius 2 is 1.81 bits per heavy atom. The molecular formula is C18H16N6O2. The lowest BCUT2D eigenvalue weighted by Crippen LogP contribution is -2.03. The molecule has 0 aliphatic carbocycles. The molecule has 0 saturated carbocycles. The number of nitrogens with zero attached hydrogens (tertiary/aromatic N) is 4. The van der Waals surface area contributed by atoms with E-state index in [0.717, 1.165) is 5.69 Å². The van der Waals surface area contributed by atoms with E-state index < -0.39 is 0 Å². The average Bonchev–Trinajstić information content (AvgIpc) is 2.68. The van der Waals surface area contributed by atoms with Crippen LogP contribution in [0.1, 0.15) is 5.56 Å². The van der Waals surface area contributed by atoms with Gasteiger partial charge in [-0.25, -0.2) is 0 Å². The molecule has 2 N–H and O–H groups in total. The lowest BCUT2D eigenvalue weighted by atomic mass is 10.2. The van der Waals surface area contributed by atoms with E-state index in [4.69, 9.17) is 14.7 Å². The van der Waals surface area contributed by atoms with Gasteiger partial charge in [0, 0.05) is 11.8 Å². The molecule has 0 bridgehead atoms. The van der Waals surface area contributed by atoms with Crippen LogP contribution in [0.5, 0.6) is 11.5 Å². The largest absolute Gasteiger partial charge is 0.493 e. The molecule has 0 unspecified atom stereocenters. The van der Waals surface area contributed by atoms with Gasteiger partial charge in [-0.3, -0.25) is 0 Å². The zero-order valence-corrected chi connectivity index (χ0v) is 14.2. The minimum atomic E-state index is 0.276. The molecule has 2 aromatic carbocycles. The first kappa shape index (κ1) is 17.0. The molecule has 130 valence electrons. The lowest BCUT2D eigenvalue weighted by molar-refractivity contribution is 0.355. The monoisotopic (exact) mass is 348 g/mol. The first-order valence-corrected chi connectivity index (χ1v) is 7.68. The molecule has 3 aromatic rings. The molecule has 8 nitrogen and oxygen atoms in total. The number of methoxy groups -OCH3 is 2. The molecule has 0 amide bonds. The number of hydrogen-bond donors (Lipinski definition) is 2. The number of rotatable bonds is 6. The van der Waals surface area contributed by atoms with Gasteiger partial charge in [0.2, 0.25) is 5.95 Å². The average molecular weight is 348 g/mol. The number of nitrogens with one attached hydrogen (secondary N) is 2. The van der Waals surface area contributed by atoms with E-state index in [-0.39, 0.29) is 5.95 Å². The summed E-state index contributed by atoms with van der Waals surface area (Å²) in [6, 6.07) is 14.6. The first-order chi connectivity index (χ1) is 12.7. The third-order valence-electron chi connectivity index (χ3n) is 3.51. The van der Waals surface area contributed by atoms with E-state index >= 15 is 0 Å². The topological polar surface area (TPSA) is 105 Å². The Hall–Kier alpha value is -3.86. The van der Waals surface area contributed by atoms with Crippen LogP contribution in [0.2, 0.25) is 0 Å². The van der Waals surface area contributed by atoms with Gasteiger partial charge in [0.05, 0.1) is 31.7 Å². The Balaban J connectivity index is 1.81.